The number of nitrogens with two attached hydrogens (primary N) is 1. The molecule has 0 fully saturated rings. The molecule has 4 nitrogen and oxygen atoms in total. The van der Waals surface area contributed by atoms with Gasteiger partial charge >= 0.3 is 0 Å². The molecule has 3 N–H and O–H groups in total. The van der Waals surface area contributed by atoms with Gasteiger partial charge in [-0.2, -0.15) is 0 Å². The first-order chi connectivity index (χ1) is 8.96. The van der Waals surface area contributed by atoms with Gasteiger partial charge in [0.25, 0.3) is 0 Å². The van der Waals surface area contributed by atoms with Crippen LogP contribution in [0.3, 0.4) is 0 Å². The molecule has 108 valence electrons. The van der Waals surface area contributed by atoms with Crippen molar-refractivity contribution in [2.24, 2.45) is 17.6 Å². The van der Waals surface area contributed by atoms with Gasteiger partial charge in [0.05, 0.1) is 5.69 Å². The van der Waals surface area contributed by atoms with E-state index in [1.165, 1.54) is 4.88 Å². The molecule has 1 heterocycles. The molecule has 1 amide bonds. The molecule has 0 saturated heterocycles. The van der Waals surface area contributed by atoms with Crippen molar-refractivity contribution in [3.63, 3.8) is 0 Å². The van der Waals surface area contributed by atoms with Crippen LogP contribution in [0.4, 0.5) is 5.13 Å². The summed E-state index contributed by atoms with van der Waals surface area (Å²) in [6.07, 6.45) is 2.37. The number of aryl methyl sites for hydroxylation is 2. The summed E-state index contributed by atoms with van der Waals surface area (Å²) >= 11 is 1.54. The summed E-state index contributed by atoms with van der Waals surface area (Å²) in [4.78, 5) is 17.6. The number of nitrogens with one attached hydrogen (secondary N) is 1. The van der Waals surface area contributed by atoms with Crippen molar-refractivity contribution in [2.75, 3.05) is 11.9 Å². The van der Waals surface area contributed by atoms with Crippen molar-refractivity contribution in [1.82, 2.24) is 4.98 Å². The first-order valence-electron chi connectivity index (χ1n) is 6.92. The summed E-state index contributed by atoms with van der Waals surface area (Å²) in [5.74, 6) is 0.842. The molecule has 19 heavy (non-hydrogen) atoms. The van der Waals surface area contributed by atoms with Crippen LogP contribution in [-0.4, -0.2) is 17.4 Å². The first-order valence-corrected chi connectivity index (χ1v) is 7.74. The van der Waals surface area contributed by atoms with Crippen molar-refractivity contribution in [3.8, 4) is 0 Å². The molecular formula is C14H25N3OS. The van der Waals surface area contributed by atoms with Crippen molar-refractivity contribution in [3.05, 3.63) is 10.6 Å². The van der Waals surface area contributed by atoms with Gasteiger partial charge in [0.15, 0.2) is 5.13 Å². The van der Waals surface area contributed by atoms with Crippen LogP contribution in [0.1, 0.15) is 44.2 Å². The van der Waals surface area contributed by atoms with E-state index in [1.54, 1.807) is 11.3 Å². The highest BCUT2D eigenvalue weighted by Gasteiger charge is 2.15. The van der Waals surface area contributed by atoms with Gasteiger partial charge in [-0.3, -0.25) is 4.79 Å². The number of anilines is 1. The second-order valence-corrected chi connectivity index (χ2v) is 6.56. The fourth-order valence-electron chi connectivity index (χ4n) is 2.17. The number of hydrogen-bond acceptors (Lipinski definition) is 4. The summed E-state index contributed by atoms with van der Waals surface area (Å²) in [6.45, 7) is 8.97. The van der Waals surface area contributed by atoms with Crippen LogP contribution in [-0.2, 0) is 11.2 Å². The Labute approximate surface area is 119 Å². The quantitative estimate of drug-likeness (QED) is 0.808. The van der Waals surface area contributed by atoms with Crippen molar-refractivity contribution in [2.45, 2.75) is 47.0 Å². The Balaban J connectivity index is 2.53. The maximum atomic E-state index is 12.0. The largest absolute Gasteiger partial charge is 0.330 e. The average Bonchev–Trinajstić information content (AvgIpc) is 2.67. The topological polar surface area (TPSA) is 68.0 Å². The van der Waals surface area contributed by atoms with Crippen molar-refractivity contribution in [1.29, 1.82) is 0 Å². The predicted octanol–water partition coefficient (Wildman–Crippen LogP) is 2.96. The molecule has 0 bridgehead atoms. The normalized spacial score (nSPS) is 12.7. The number of carbonyl (C=O) groups is 1. The number of carbonyl (C=O) groups excluding carboxylic acids is 1. The van der Waals surface area contributed by atoms with Gasteiger partial charge in [-0.15, -0.1) is 11.3 Å². The molecule has 0 aromatic carbocycles. The van der Waals surface area contributed by atoms with Gasteiger partial charge in [0, 0.05) is 11.3 Å². The number of thiazole rings is 1. The Morgan fingerprint density at radius 2 is 2.16 bits per heavy atom. The third-order valence-corrected chi connectivity index (χ3v) is 4.01. The van der Waals surface area contributed by atoms with E-state index in [2.05, 4.69) is 31.1 Å². The minimum atomic E-state index is 0.0208. The summed E-state index contributed by atoms with van der Waals surface area (Å²) < 4.78 is 0. The number of hydrogen-bond donors (Lipinski definition) is 2. The monoisotopic (exact) mass is 283 g/mol. The third-order valence-electron chi connectivity index (χ3n) is 3.09. The van der Waals surface area contributed by atoms with E-state index in [4.69, 9.17) is 5.73 Å². The van der Waals surface area contributed by atoms with E-state index in [0.29, 0.717) is 24.0 Å². The Morgan fingerprint density at radius 1 is 1.47 bits per heavy atom. The standard InChI is InChI=1S/C14H25N3OS/c1-5-12-10(4)19-14(16-12)17-13(18)7-11(8-15)6-9(2)3/h9,11H,5-8,15H2,1-4H3,(H,16,17,18)/t11-/m0/s1. The van der Waals surface area contributed by atoms with E-state index in [0.717, 1.165) is 18.5 Å². The van der Waals surface area contributed by atoms with Gasteiger partial charge in [-0.1, -0.05) is 20.8 Å². The number of rotatable bonds is 7. The molecule has 0 radical (unpaired) electrons. The molecule has 0 spiro atoms. The highest BCUT2D eigenvalue weighted by molar-refractivity contribution is 7.15. The minimum Gasteiger partial charge on any atom is -0.330 e. The molecule has 5 heteroatoms. The molecule has 0 saturated carbocycles. The van der Waals surface area contributed by atoms with E-state index >= 15 is 0 Å². The zero-order chi connectivity index (χ0) is 14.4. The van der Waals surface area contributed by atoms with E-state index in [1.807, 2.05) is 6.92 Å². The van der Waals surface area contributed by atoms with Crippen molar-refractivity contribution >= 4 is 22.4 Å². The first kappa shape index (κ1) is 16.1. The highest BCUT2D eigenvalue weighted by atomic mass is 32.1. The van der Waals surface area contributed by atoms with E-state index < -0.39 is 0 Å². The van der Waals surface area contributed by atoms with Gasteiger partial charge in [0.1, 0.15) is 0 Å². The van der Waals surface area contributed by atoms with Crippen LogP contribution in [0.25, 0.3) is 0 Å². The van der Waals surface area contributed by atoms with Crippen LogP contribution in [0.5, 0.6) is 0 Å². The van der Waals surface area contributed by atoms with Crippen LogP contribution >= 0.6 is 11.3 Å². The van der Waals surface area contributed by atoms with Crippen LogP contribution in [0, 0.1) is 18.8 Å². The second kappa shape index (κ2) is 7.60. The third kappa shape index (κ3) is 5.28. The van der Waals surface area contributed by atoms with Crippen LogP contribution < -0.4 is 11.1 Å². The fourth-order valence-corrected chi connectivity index (χ4v) is 3.09. The SMILES string of the molecule is CCc1nc(NC(=O)C[C@@H](CN)CC(C)C)sc1C. The lowest BCUT2D eigenvalue weighted by atomic mass is 9.94. The molecular weight excluding hydrogens is 258 g/mol. The molecule has 1 atom stereocenters. The Morgan fingerprint density at radius 3 is 2.63 bits per heavy atom. The maximum absolute atomic E-state index is 12.0. The van der Waals surface area contributed by atoms with E-state index in [9.17, 15) is 4.79 Å². The predicted molar refractivity (Wildman–Crippen MR) is 81.5 cm³/mol. The van der Waals surface area contributed by atoms with Crippen LogP contribution in [0.15, 0.2) is 0 Å². The summed E-state index contributed by atoms with van der Waals surface area (Å²) in [6, 6.07) is 0. The number of aromatic nitrogens is 1. The van der Waals surface area contributed by atoms with E-state index in [-0.39, 0.29) is 11.8 Å². The summed E-state index contributed by atoms with van der Waals surface area (Å²) in [5.41, 5.74) is 6.79. The zero-order valence-corrected chi connectivity index (χ0v) is 13.1. The lowest BCUT2D eigenvalue weighted by Crippen LogP contribution is -2.23. The van der Waals surface area contributed by atoms with Gasteiger partial charge in [-0.05, 0) is 38.1 Å². The average molecular weight is 283 g/mol. The number of nitrogens with zero attached hydrogens (tertiary/aromatic N) is 1. The Kier molecular flexibility index (Phi) is 6.45. The lowest BCUT2D eigenvalue weighted by molar-refractivity contribution is -0.117. The highest BCUT2D eigenvalue weighted by Crippen LogP contribution is 2.23. The fraction of sp³-hybridized carbons (Fsp3) is 0.714. The molecule has 0 aliphatic rings. The molecule has 0 aliphatic carbocycles. The minimum absolute atomic E-state index is 0.0208. The van der Waals surface area contributed by atoms with Crippen molar-refractivity contribution < 1.29 is 4.79 Å². The maximum Gasteiger partial charge on any atom is 0.226 e. The molecule has 1 rings (SSSR count). The summed E-state index contributed by atoms with van der Waals surface area (Å²) in [7, 11) is 0. The lowest BCUT2D eigenvalue weighted by Gasteiger charge is -2.15. The van der Waals surface area contributed by atoms with Gasteiger partial charge in [-0.25, -0.2) is 4.98 Å². The van der Waals surface area contributed by atoms with Gasteiger partial charge in [0.2, 0.25) is 5.91 Å². The summed E-state index contributed by atoms with van der Waals surface area (Å²) in [5, 5.41) is 3.60. The Hall–Kier alpha value is -0.940. The second-order valence-electron chi connectivity index (χ2n) is 5.36. The molecule has 1 aromatic rings. The van der Waals surface area contributed by atoms with Gasteiger partial charge < -0.3 is 11.1 Å². The number of amides is 1. The molecule has 0 aliphatic heterocycles. The molecule has 1 aromatic heterocycles. The van der Waals surface area contributed by atoms with Crippen LogP contribution in [0.2, 0.25) is 0 Å². The Bertz CT molecular complexity index is 415. The molecule has 0 unspecified atom stereocenters. The zero-order valence-electron chi connectivity index (χ0n) is 12.3. The smallest absolute Gasteiger partial charge is 0.226 e.